The summed E-state index contributed by atoms with van der Waals surface area (Å²) in [5.41, 5.74) is 4.33. The van der Waals surface area contributed by atoms with Crippen molar-refractivity contribution in [3.8, 4) is 11.3 Å². The van der Waals surface area contributed by atoms with E-state index in [9.17, 15) is 4.79 Å². The molecule has 8 nitrogen and oxygen atoms in total. The highest BCUT2D eigenvalue weighted by Crippen LogP contribution is 2.22. The van der Waals surface area contributed by atoms with Gasteiger partial charge in [-0.1, -0.05) is 6.07 Å². The standard InChI is InChI=1S/C17H15N7O/c1-10-3-4-15(18-7-10)21-17(25)13-6-12(14-5-11(2)22-23-14)8-24-16(13)19-9-20-24/h3-9H,1-2H3,(H,22,23)(H,18,21,25). The van der Waals surface area contributed by atoms with Crippen LogP contribution in [0.1, 0.15) is 21.6 Å². The van der Waals surface area contributed by atoms with Gasteiger partial charge in [0, 0.05) is 23.7 Å². The van der Waals surface area contributed by atoms with Crippen LogP contribution in [-0.2, 0) is 0 Å². The minimum absolute atomic E-state index is 0.302. The molecule has 4 aromatic heterocycles. The quantitative estimate of drug-likeness (QED) is 0.599. The summed E-state index contributed by atoms with van der Waals surface area (Å²) in [6, 6.07) is 7.30. The monoisotopic (exact) mass is 333 g/mol. The number of nitrogens with one attached hydrogen (secondary N) is 2. The molecule has 4 aromatic rings. The van der Waals surface area contributed by atoms with Gasteiger partial charge in [-0.05, 0) is 37.6 Å². The molecular weight excluding hydrogens is 318 g/mol. The number of amides is 1. The fourth-order valence-electron chi connectivity index (χ4n) is 2.52. The zero-order valence-corrected chi connectivity index (χ0v) is 13.7. The second kappa shape index (κ2) is 5.82. The number of hydrogen-bond acceptors (Lipinski definition) is 5. The van der Waals surface area contributed by atoms with Gasteiger partial charge in [-0.3, -0.25) is 9.89 Å². The molecule has 0 bridgehead atoms. The Hall–Kier alpha value is -3.55. The number of carbonyl (C=O) groups is 1. The van der Waals surface area contributed by atoms with E-state index in [4.69, 9.17) is 0 Å². The van der Waals surface area contributed by atoms with E-state index in [0.29, 0.717) is 17.0 Å². The smallest absolute Gasteiger partial charge is 0.260 e. The van der Waals surface area contributed by atoms with E-state index in [1.54, 1.807) is 29.0 Å². The van der Waals surface area contributed by atoms with Crippen molar-refractivity contribution in [1.29, 1.82) is 0 Å². The van der Waals surface area contributed by atoms with Crippen molar-refractivity contribution in [2.45, 2.75) is 13.8 Å². The lowest BCUT2D eigenvalue weighted by Gasteiger charge is -2.07. The van der Waals surface area contributed by atoms with Crippen molar-refractivity contribution in [1.82, 2.24) is 29.8 Å². The number of aromatic nitrogens is 6. The number of aromatic amines is 1. The van der Waals surface area contributed by atoms with Crippen molar-refractivity contribution >= 4 is 17.4 Å². The third kappa shape index (κ3) is 2.85. The lowest BCUT2D eigenvalue weighted by molar-refractivity contribution is 0.102. The second-order valence-corrected chi connectivity index (χ2v) is 5.78. The summed E-state index contributed by atoms with van der Waals surface area (Å²) in [6.07, 6.45) is 4.90. The van der Waals surface area contributed by atoms with E-state index in [2.05, 4.69) is 30.6 Å². The molecule has 4 heterocycles. The van der Waals surface area contributed by atoms with Crippen LogP contribution in [0.3, 0.4) is 0 Å². The van der Waals surface area contributed by atoms with Gasteiger partial charge in [-0.25, -0.2) is 14.5 Å². The van der Waals surface area contributed by atoms with Gasteiger partial charge < -0.3 is 5.32 Å². The fourth-order valence-corrected chi connectivity index (χ4v) is 2.52. The van der Waals surface area contributed by atoms with Gasteiger partial charge in [0.1, 0.15) is 12.1 Å². The summed E-state index contributed by atoms with van der Waals surface area (Å²) in [4.78, 5) is 21.1. The van der Waals surface area contributed by atoms with E-state index < -0.39 is 0 Å². The Morgan fingerprint density at radius 1 is 1.20 bits per heavy atom. The van der Waals surface area contributed by atoms with E-state index in [-0.39, 0.29) is 5.91 Å². The predicted molar refractivity (Wildman–Crippen MR) is 92.2 cm³/mol. The largest absolute Gasteiger partial charge is 0.306 e. The highest BCUT2D eigenvalue weighted by molar-refractivity contribution is 6.08. The minimum Gasteiger partial charge on any atom is -0.306 e. The Balaban J connectivity index is 1.75. The predicted octanol–water partition coefficient (Wildman–Crippen LogP) is 2.38. The summed E-state index contributed by atoms with van der Waals surface area (Å²) < 4.78 is 1.57. The number of H-pyrrole nitrogens is 1. The maximum atomic E-state index is 12.7. The third-order valence-electron chi connectivity index (χ3n) is 3.77. The number of aryl methyl sites for hydroxylation is 2. The molecule has 0 saturated carbocycles. The van der Waals surface area contributed by atoms with E-state index >= 15 is 0 Å². The van der Waals surface area contributed by atoms with Gasteiger partial charge >= 0.3 is 0 Å². The van der Waals surface area contributed by atoms with Crippen LogP contribution in [0.5, 0.6) is 0 Å². The molecule has 8 heteroatoms. The van der Waals surface area contributed by atoms with Gasteiger partial charge in [-0.2, -0.15) is 10.2 Å². The normalized spacial score (nSPS) is 11.0. The van der Waals surface area contributed by atoms with Crippen LogP contribution in [0.2, 0.25) is 0 Å². The highest BCUT2D eigenvalue weighted by atomic mass is 16.1. The molecule has 0 radical (unpaired) electrons. The first-order chi connectivity index (χ1) is 12.1. The highest BCUT2D eigenvalue weighted by Gasteiger charge is 2.16. The molecule has 0 aromatic carbocycles. The van der Waals surface area contributed by atoms with Crippen molar-refractivity contribution in [3.05, 3.63) is 59.8 Å². The molecule has 0 saturated heterocycles. The molecule has 124 valence electrons. The van der Waals surface area contributed by atoms with Crippen molar-refractivity contribution in [2.24, 2.45) is 0 Å². The van der Waals surface area contributed by atoms with Crippen LogP contribution in [0.4, 0.5) is 5.82 Å². The van der Waals surface area contributed by atoms with Crippen LogP contribution < -0.4 is 5.32 Å². The molecular formula is C17H15N7O. The summed E-state index contributed by atoms with van der Waals surface area (Å²) >= 11 is 0. The van der Waals surface area contributed by atoms with E-state index in [1.165, 1.54) is 6.33 Å². The number of anilines is 1. The van der Waals surface area contributed by atoms with Crippen LogP contribution in [0.25, 0.3) is 16.9 Å². The second-order valence-electron chi connectivity index (χ2n) is 5.78. The van der Waals surface area contributed by atoms with E-state index in [0.717, 1.165) is 22.5 Å². The number of fused-ring (bicyclic) bond motifs is 1. The Labute approximate surface area is 142 Å². The van der Waals surface area contributed by atoms with Crippen LogP contribution in [-0.4, -0.2) is 35.7 Å². The lowest BCUT2D eigenvalue weighted by atomic mass is 10.1. The Kier molecular flexibility index (Phi) is 3.50. The molecule has 0 aliphatic rings. The third-order valence-corrected chi connectivity index (χ3v) is 3.77. The lowest BCUT2D eigenvalue weighted by Crippen LogP contribution is -2.15. The average Bonchev–Trinajstić information content (AvgIpc) is 3.24. The Morgan fingerprint density at radius 3 is 2.80 bits per heavy atom. The van der Waals surface area contributed by atoms with Crippen LogP contribution >= 0.6 is 0 Å². The molecule has 0 spiro atoms. The first kappa shape index (κ1) is 15.0. The van der Waals surface area contributed by atoms with Gasteiger partial charge in [0.15, 0.2) is 5.65 Å². The summed E-state index contributed by atoms with van der Waals surface area (Å²) in [6.45, 7) is 3.86. The van der Waals surface area contributed by atoms with Gasteiger partial charge in [-0.15, -0.1) is 0 Å². The van der Waals surface area contributed by atoms with Gasteiger partial charge in [0.25, 0.3) is 5.91 Å². The number of hydrogen-bond donors (Lipinski definition) is 2. The molecule has 0 aliphatic carbocycles. The number of pyridine rings is 2. The SMILES string of the molecule is Cc1ccc(NC(=O)c2cc(-c3cc(C)[nH]n3)cn3ncnc23)nc1. The number of rotatable bonds is 3. The molecule has 2 N–H and O–H groups in total. The van der Waals surface area contributed by atoms with Gasteiger partial charge in [0.05, 0.1) is 11.3 Å². The maximum absolute atomic E-state index is 12.7. The topological polar surface area (TPSA) is 101 Å². The molecule has 1 amide bonds. The summed E-state index contributed by atoms with van der Waals surface area (Å²) in [7, 11) is 0. The van der Waals surface area contributed by atoms with E-state index in [1.807, 2.05) is 26.0 Å². The molecule has 0 fully saturated rings. The number of carbonyl (C=O) groups excluding carboxylic acids is 1. The van der Waals surface area contributed by atoms with Crippen molar-refractivity contribution in [2.75, 3.05) is 5.32 Å². The zero-order valence-electron chi connectivity index (χ0n) is 13.7. The maximum Gasteiger partial charge on any atom is 0.260 e. The van der Waals surface area contributed by atoms with Crippen molar-refractivity contribution < 1.29 is 4.79 Å². The fraction of sp³-hybridized carbons (Fsp3) is 0.118. The van der Waals surface area contributed by atoms with Crippen LogP contribution in [0, 0.1) is 13.8 Å². The first-order valence-electron chi connectivity index (χ1n) is 7.70. The summed E-state index contributed by atoms with van der Waals surface area (Å²) in [5.74, 6) is 0.178. The molecule has 25 heavy (non-hydrogen) atoms. The average molecular weight is 333 g/mol. The molecule has 0 atom stereocenters. The Morgan fingerprint density at radius 2 is 2.08 bits per heavy atom. The number of nitrogens with zero attached hydrogens (tertiary/aromatic N) is 5. The molecule has 4 rings (SSSR count). The van der Waals surface area contributed by atoms with Gasteiger partial charge in [0.2, 0.25) is 0 Å². The first-order valence-corrected chi connectivity index (χ1v) is 7.70. The molecule has 0 aliphatic heterocycles. The Bertz CT molecular complexity index is 1060. The molecule has 0 unspecified atom stereocenters. The zero-order chi connectivity index (χ0) is 17.4. The summed E-state index contributed by atoms with van der Waals surface area (Å²) in [5, 5.41) is 14.1. The minimum atomic E-state index is -0.302. The van der Waals surface area contributed by atoms with Crippen molar-refractivity contribution in [3.63, 3.8) is 0 Å². The van der Waals surface area contributed by atoms with Crippen LogP contribution in [0.15, 0.2) is 43.0 Å².